The fraction of sp³-hybridized carbons (Fsp3) is 0.318. The van der Waals surface area contributed by atoms with Gasteiger partial charge in [0.1, 0.15) is 23.9 Å². The molecule has 0 unspecified atom stereocenters. The van der Waals surface area contributed by atoms with Gasteiger partial charge >= 0.3 is 0 Å². The average Bonchev–Trinajstić information content (AvgIpc) is 3.36. The van der Waals surface area contributed by atoms with Crippen molar-refractivity contribution < 1.29 is 14.0 Å². The summed E-state index contributed by atoms with van der Waals surface area (Å²) in [5, 5.41) is 14.6. The van der Waals surface area contributed by atoms with Gasteiger partial charge in [-0.3, -0.25) is 0 Å². The standard InChI is InChI=1S/C22H23N5O3/c1-14-20(15(2)30-25-14)18-12-16-11-17(13-28)29-21(16)22(24-18)27-9-7-26(8-10-27)19-5-3-4-6-23-19/h3-6,11-12,28H,7-10,13H2,1-2H3. The van der Waals surface area contributed by atoms with E-state index < -0.39 is 0 Å². The zero-order valence-corrected chi connectivity index (χ0v) is 17.0. The Morgan fingerprint density at radius 2 is 1.87 bits per heavy atom. The van der Waals surface area contributed by atoms with Crippen LogP contribution in [-0.4, -0.2) is 46.4 Å². The number of aromatic nitrogens is 3. The highest BCUT2D eigenvalue weighted by Gasteiger charge is 2.24. The lowest BCUT2D eigenvalue weighted by Crippen LogP contribution is -2.47. The minimum absolute atomic E-state index is 0.151. The van der Waals surface area contributed by atoms with Gasteiger partial charge in [-0.1, -0.05) is 11.2 Å². The van der Waals surface area contributed by atoms with E-state index in [2.05, 4.69) is 19.9 Å². The summed E-state index contributed by atoms with van der Waals surface area (Å²) in [5.41, 5.74) is 3.19. The smallest absolute Gasteiger partial charge is 0.176 e. The first-order valence-electron chi connectivity index (χ1n) is 10.0. The van der Waals surface area contributed by atoms with Crippen molar-refractivity contribution in [2.75, 3.05) is 36.0 Å². The van der Waals surface area contributed by atoms with Crippen molar-refractivity contribution in [3.05, 3.63) is 53.7 Å². The van der Waals surface area contributed by atoms with Gasteiger partial charge in [0.25, 0.3) is 0 Å². The minimum Gasteiger partial charge on any atom is -0.455 e. The Labute approximate surface area is 173 Å². The maximum absolute atomic E-state index is 9.58. The monoisotopic (exact) mass is 405 g/mol. The van der Waals surface area contributed by atoms with Crippen LogP contribution in [0.25, 0.3) is 22.2 Å². The molecule has 4 aromatic heterocycles. The third-order valence-corrected chi connectivity index (χ3v) is 5.53. The van der Waals surface area contributed by atoms with Crippen molar-refractivity contribution in [2.45, 2.75) is 20.5 Å². The van der Waals surface area contributed by atoms with Crippen LogP contribution < -0.4 is 9.80 Å². The Kier molecular flexibility index (Phi) is 4.63. The van der Waals surface area contributed by atoms with Crippen LogP contribution in [0.1, 0.15) is 17.2 Å². The summed E-state index contributed by atoms with van der Waals surface area (Å²) in [5.74, 6) is 3.02. The molecule has 1 N–H and O–H groups in total. The van der Waals surface area contributed by atoms with Crippen LogP contribution in [0.5, 0.6) is 0 Å². The van der Waals surface area contributed by atoms with Crippen LogP contribution in [0.4, 0.5) is 11.6 Å². The molecular weight excluding hydrogens is 382 g/mol. The number of aryl methyl sites for hydroxylation is 2. The topological polar surface area (TPSA) is 91.7 Å². The molecule has 0 atom stereocenters. The van der Waals surface area contributed by atoms with Gasteiger partial charge in [-0.15, -0.1) is 0 Å². The Morgan fingerprint density at radius 1 is 1.07 bits per heavy atom. The number of nitrogens with zero attached hydrogens (tertiary/aromatic N) is 5. The number of fused-ring (bicyclic) bond motifs is 1. The zero-order valence-electron chi connectivity index (χ0n) is 17.0. The van der Waals surface area contributed by atoms with Crippen LogP contribution in [0.2, 0.25) is 0 Å². The van der Waals surface area contributed by atoms with E-state index >= 15 is 0 Å². The van der Waals surface area contributed by atoms with Gasteiger partial charge in [0, 0.05) is 37.8 Å². The van der Waals surface area contributed by atoms with Crippen molar-refractivity contribution in [3.8, 4) is 11.3 Å². The molecule has 5 heterocycles. The van der Waals surface area contributed by atoms with E-state index in [-0.39, 0.29) is 6.61 Å². The highest BCUT2D eigenvalue weighted by molar-refractivity contribution is 5.91. The van der Waals surface area contributed by atoms with Gasteiger partial charge in [0.15, 0.2) is 11.4 Å². The normalized spacial score (nSPS) is 14.6. The molecule has 8 heteroatoms. The number of piperazine rings is 1. The van der Waals surface area contributed by atoms with Crippen molar-refractivity contribution in [2.24, 2.45) is 0 Å². The quantitative estimate of drug-likeness (QED) is 0.553. The lowest BCUT2D eigenvalue weighted by atomic mass is 10.1. The molecule has 0 aromatic carbocycles. The van der Waals surface area contributed by atoms with E-state index in [0.717, 1.165) is 65.9 Å². The molecule has 154 valence electrons. The summed E-state index contributed by atoms with van der Waals surface area (Å²) in [4.78, 5) is 13.9. The number of rotatable bonds is 4. The number of furan rings is 1. The molecule has 8 nitrogen and oxygen atoms in total. The van der Waals surface area contributed by atoms with Crippen LogP contribution in [0, 0.1) is 13.8 Å². The number of aliphatic hydroxyl groups is 1. The molecule has 30 heavy (non-hydrogen) atoms. The SMILES string of the molecule is Cc1noc(C)c1-c1cc2cc(CO)oc2c(N2CCN(c3ccccn3)CC2)n1. The van der Waals surface area contributed by atoms with Gasteiger partial charge in [0.05, 0.1) is 17.0 Å². The third-order valence-electron chi connectivity index (χ3n) is 5.53. The molecule has 1 aliphatic heterocycles. The second-order valence-electron chi connectivity index (χ2n) is 7.48. The maximum Gasteiger partial charge on any atom is 0.176 e. The van der Waals surface area contributed by atoms with Gasteiger partial charge < -0.3 is 23.8 Å². The van der Waals surface area contributed by atoms with Gasteiger partial charge in [-0.25, -0.2) is 9.97 Å². The first-order chi connectivity index (χ1) is 14.6. The Hall–Kier alpha value is -3.39. The lowest BCUT2D eigenvalue weighted by molar-refractivity contribution is 0.251. The Bertz CT molecular complexity index is 1160. The first-order valence-corrected chi connectivity index (χ1v) is 10.0. The number of anilines is 2. The van der Waals surface area contributed by atoms with E-state index in [9.17, 15) is 5.11 Å². The molecule has 0 saturated carbocycles. The van der Waals surface area contributed by atoms with E-state index in [1.165, 1.54) is 0 Å². The average molecular weight is 405 g/mol. The fourth-order valence-electron chi connectivity index (χ4n) is 4.04. The highest BCUT2D eigenvalue weighted by atomic mass is 16.5. The summed E-state index contributed by atoms with van der Waals surface area (Å²) in [6.45, 7) is 6.91. The van der Waals surface area contributed by atoms with E-state index in [0.29, 0.717) is 11.3 Å². The predicted molar refractivity (Wildman–Crippen MR) is 114 cm³/mol. The first kappa shape index (κ1) is 18.6. The van der Waals surface area contributed by atoms with Gasteiger partial charge in [-0.05, 0) is 38.1 Å². The largest absolute Gasteiger partial charge is 0.455 e. The fourth-order valence-corrected chi connectivity index (χ4v) is 4.04. The van der Waals surface area contributed by atoms with E-state index in [1.54, 1.807) is 0 Å². The summed E-state index contributed by atoms with van der Waals surface area (Å²) in [6.07, 6.45) is 1.82. The predicted octanol–water partition coefficient (Wildman–Crippen LogP) is 3.31. The second kappa shape index (κ2) is 7.46. The van der Waals surface area contributed by atoms with Crippen LogP contribution >= 0.6 is 0 Å². The van der Waals surface area contributed by atoms with E-state index in [1.807, 2.05) is 50.4 Å². The number of hydrogen-bond donors (Lipinski definition) is 1. The van der Waals surface area contributed by atoms with Gasteiger partial charge in [0.2, 0.25) is 0 Å². The van der Waals surface area contributed by atoms with E-state index in [4.69, 9.17) is 13.9 Å². The molecule has 1 saturated heterocycles. The van der Waals surface area contributed by atoms with Crippen LogP contribution in [0.3, 0.4) is 0 Å². The number of hydrogen-bond acceptors (Lipinski definition) is 8. The van der Waals surface area contributed by atoms with Crippen molar-refractivity contribution in [1.29, 1.82) is 0 Å². The highest BCUT2D eigenvalue weighted by Crippen LogP contribution is 2.35. The molecule has 0 spiro atoms. The van der Waals surface area contributed by atoms with Crippen molar-refractivity contribution in [3.63, 3.8) is 0 Å². The summed E-state index contributed by atoms with van der Waals surface area (Å²) in [7, 11) is 0. The Balaban J connectivity index is 1.52. The minimum atomic E-state index is -0.151. The molecule has 1 fully saturated rings. The molecule has 0 radical (unpaired) electrons. The molecule has 1 aliphatic rings. The molecule has 4 aromatic rings. The number of pyridine rings is 2. The van der Waals surface area contributed by atoms with Crippen molar-refractivity contribution in [1.82, 2.24) is 15.1 Å². The summed E-state index contributed by atoms with van der Waals surface area (Å²) >= 11 is 0. The molecule has 5 rings (SSSR count). The molecule has 0 aliphatic carbocycles. The molecule has 0 bridgehead atoms. The molecular formula is C22H23N5O3. The Morgan fingerprint density at radius 3 is 2.53 bits per heavy atom. The van der Waals surface area contributed by atoms with Crippen LogP contribution in [-0.2, 0) is 6.61 Å². The zero-order chi connectivity index (χ0) is 20.7. The molecule has 0 amide bonds. The number of aliphatic hydroxyl groups excluding tert-OH is 1. The second-order valence-corrected chi connectivity index (χ2v) is 7.48. The summed E-state index contributed by atoms with van der Waals surface area (Å²) in [6, 6.07) is 9.80. The lowest BCUT2D eigenvalue weighted by Gasteiger charge is -2.36. The maximum atomic E-state index is 9.58. The summed E-state index contributed by atoms with van der Waals surface area (Å²) < 4.78 is 11.3. The van der Waals surface area contributed by atoms with Crippen LogP contribution in [0.15, 0.2) is 45.5 Å². The van der Waals surface area contributed by atoms with Gasteiger partial charge in [-0.2, -0.15) is 0 Å². The third kappa shape index (κ3) is 3.19. The van der Waals surface area contributed by atoms with Crippen molar-refractivity contribution >= 4 is 22.6 Å².